The number of methoxy groups -OCH3 is 1. The van der Waals surface area contributed by atoms with Crippen LogP contribution in [-0.2, 0) is 9.53 Å². The zero-order valence-corrected chi connectivity index (χ0v) is 13.1. The van der Waals surface area contributed by atoms with Crippen LogP contribution in [0.15, 0.2) is 42.6 Å². The number of rotatable bonds is 4. The fourth-order valence-corrected chi connectivity index (χ4v) is 2.07. The largest absolute Gasteiger partial charge is 0.467 e. The topological polar surface area (TPSA) is 68.3 Å². The minimum Gasteiger partial charge on any atom is -0.467 e. The Morgan fingerprint density at radius 2 is 1.91 bits per heavy atom. The molecule has 22 heavy (non-hydrogen) atoms. The molecule has 1 heterocycles. The highest BCUT2D eigenvalue weighted by Gasteiger charge is 2.24. The monoisotopic (exact) mass is 338 g/mol. The van der Waals surface area contributed by atoms with E-state index in [1.807, 2.05) is 6.07 Å². The second kappa shape index (κ2) is 7.24. The van der Waals surface area contributed by atoms with Crippen LogP contribution in [0.25, 0.3) is 0 Å². The average molecular weight is 339 g/mol. The van der Waals surface area contributed by atoms with E-state index in [2.05, 4.69) is 10.3 Å². The van der Waals surface area contributed by atoms with Crippen LogP contribution in [0.1, 0.15) is 22.0 Å². The average Bonchev–Trinajstić information content (AvgIpc) is 2.55. The first kappa shape index (κ1) is 16.3. The smallest absolute Gasteiger partial charge is 0.333 e. The summed E-state index contributed by atoms with van der Waals surface area (Å²) in [6, 6.07) is 9.22. The summed E-state index contributed by atoms with van der Waals surface area (Å²) in [4.78, 5) is 28.0. The first-order valence-corrected chi connectivity index (χ1v) is 7.03. The third-order valence-electron chi connectivity index (χ3n) is 2.90. The number of carbonyl (C=O) groups is 2. The molecule has 1 amide bonds. The van der Waals surface area contributed by atoms with Gasteiger partial charge < -0.3 is 10.1 Å². The molecule has 1 unspecified atom stereocenters. The van der Waals surface area contributed by atoms with E-state index in [1.165, 1.54) is 19.4 Å². The van der Waals surface area contributed by atoms with Crippen LogP contribution in [0.4, 0.5) is 0 Å². The zero-order chi connectivity index (χ0) is 16.1. The van der Waals surface area contributed by atoms with Gasteiger partial charge in [-0.05, 0) is 11.6 Å². The fraction of sp³-hybridized carbons (Fsp3) is 0.133. The number of aromatic nitrogens is 1. The number of pyridine rings is 1. The number of nitrogens with one attached hydrogen (secondary N) is 1. The molecule has 1 aromatic heterocycles. The van der Waals surface area contributed by atoms with Gasteiger partial charge in [-0.15, -0.1) is 0 Å². The molecule has 0 saturated heterocycles. The minimum atomic E-state index is -0.923. The molecule has 0 fully saturated rings. The molecule has 0 aliphatic carbocycles. The Kier molecular flexibility index (Phi) is 5.35. The maximum Gasteiger partial charge on any atom is 0.333 e. The molecule has 1 aromatic carbocycles. The molecule has 7 heteroatoms. The lowest BCUT2D eigenvalue weighted by Gasteiger charge is -2.17. The van der Waals surface area contributed by atoms with E-state index in [0.29, 0.717) is 5.56 Å². The van der Waals surface area contributed by atoms with Gasteiger partial charge in [0.1, 0.15) is 5.15 Å². The first-order chi connectivity index (χ1) is 10.5. The van der Waals surface area contributed by atoms with Gasteiger partial charge in [0.15, 0.2) is 6.04 Å². The lowest BCUT2D eigenvalue weighted by atomic mass is 10.1. The van der Waals surface area contributed by atoms with Crippen molar-refractivity contribution in [1.82, 2.24) is 10.3 Å². The molecule has 0 aliphatic heterocycles. The van der Waals surface area contributed by atoms with Crippen molar-refractivity contribution in [1.29, 1.82) is 0 Å². The maximum absolute atomic E-state index is 12.3. The third kappa shape index (κ3) is 3.75. The molecule has 0 aliphatic rings. The normalized spacial score (nSPS) is 11.6. The number of hydrogen-bond acceptors (Lipinski definition) is 4. The Balaban J connectivity index is 2.25. The summed E-state index contributed by atoms with van der Waals surface area (Å²) >= 11 is 11.5. The number of ether oxygens (including phenoxy) is 1. The maximum atomic E-state index is 12.3. The predicted octanol–water partition coefficient (Wildman–Crippen LogP) is 3.03. The van der Waals surface area contributed by atoms with E-state index in [0.717, 1.165) is 0 Å². The number of hydrogen-bond donors (Lipinski definition) is 1. The molecule has 0 saturated carbocycles. The quantitative estimate of drug-likeness (QED) is 0.687. The summed E-state index contributed by atoms with van der Waals surface area (Å²) in [5.74, 6) is -1.09. The van der Waals surface area contributed by atoms with Crippen molar-refractivity contribution in [3.63, 3.8) is 0 Å². The Labute approximate surface area is 137 Å². The molecule has 2 rings (SSSR count). The van der Waals surface area contributed by atoms with Crippen molar-refractivity contribution >= 4 is 35.1 Å². The second-order valence-corrected chi connectivity index (χ2v) is 5.10. The number of esters is 1. The van der Waals surface area contributed by atoms with Gasteiger partial charge >= 0.3 is 5.97 Å². The van der Waals surface area contributed by atoms with Crippen LogP contribution in [0.5, 0.6) is 0 Å². The first-order valence-electron chi connectivity index (χ1n) is 6.27. The van der Waals surface area contributed by atoms with Crippen molar-refractivity contribution in [2.75, 3.05) is 7.11 Å². The Bertz CT molecular complexity index is 692. The van der Waals surface area contributed by atoms with Crippen molar-refractivity contribution in [2.45, 2.75) is 6.04 Å². The zero-order valence-electron chi connectivity index (χ0n) is 11.5. The summed E-state index contributed by atoms with van der Waals surface area (Å²) in [6.45, 7) is 0. The van der Waals surface area contributed by atoms with Crippen LogP contribution in [-0.4, -0.2) is 24.0 Å². The number of benzene rings is 1. The minimum absolute atomic E-state index is 0.103. The van der Waals surface area contributed by atoms with E-state index in [1.54, 1.807) is 24.3 Å². The van der Waals surface area contributed by atoms with Crippen LogP contribution < -0.4 is 5.32 Å². The predicted molar refractivity (Wildman–Crippen MR) is 82.9 cm³/mol. The number of nitrogens with zero attached hydrogens (tertiary/aromatic N) is 1. The molecular weight excluding hydrogens is 327 g/mol. The van der Waals surface area contributed by atoms with Gasteiger partial charge in [0.2, 0.25) is 0 Å². The van der Waals surface area contributed by atoms with Crippen LogP contribution in [0.3, 0.4) is 0 Å². The molecule has 114 valence electrons. The van der Waals surface area contributed by atoms with E-state index in [9.17, 15) is 9.59 Å². The van der Waals surface area contributed by atoms with Gasteiger partial charge in [0, 0.05) is 6.20 Å². The van der Waals surface area contributed by atoms with Crippen molar-refractivity contribution < 1.29 is 14.3 Å². The highest BCUT2D eigenvalue weighted by atomic mass is 35.5. The summed E-state index contributed by atoms with van der Waals surface area (Å²) < 4.78 is 4.73. The standard InChI is InChI=1S/C15H12Cl2N2O3/c1-22-15(21)12(9-5-3-2-4-6-9)19-14(20)10-7-11(16)13(17)18-8-10/h2-8,12H,1H3,(H,19,20). The van der Waals surface area contributed by atoms with Crippen molar-refractivity contribution in [3.8, 4) is 0 Å². The Hall–Kier alpha value is -2.11. The SMILES string of the molecule is COC(=O)C(NC(=O)c1cnc(Cl)c(Cl)c1)c1ccccc1. The molecule has 0 spiro atoms. The lowest BCUT2D eigenvalue weighted by molar-refractivity contribution is -0.143. The van der Waals surface area contributed by atoms with E-state index in [4.69, 9.17) is 27.9 Å². The summed E-state index contributed by atoms with van der Waals surface area (Å²) in [7, 11) is 1.26. The van der Waals surface area contributed by atoms with Gasteiger partial charge in [0.25, 0.3) is 5.91 Å². The molecule has 5 nitrogen and oxygen atoms in total. The number of carbonyl (C=O) groups excluding carboxylic acids is 2. The molecule has 2 aromatic rings. The third-order valence-corrected chi connectivity index (χ3v) is 3.59. The van der Waals surface area contributed by atoms with Gasteiger partial charge in [-0.3, -0.25) is 4.79 Å². The molecule has 1 N–H and O–H groups in total. The van der Waals surface area contributed by atoms with Crippen molar-refractivity contribution in [2.24, 2.45) is 0 Å². The van der Waals surface area contributed by atoms with Gasteiger partial charge in [-0.2, -0.15) is 0 Å². The van der Waals surface area contributed by atoms with Gasteiger partial charge in [0.05, 0.1) is 17.7 Å². The molecule has 0 bridgehead atoms. The summed E-state index contributed by atoms with van der Waals surface area (Å²) in [6.07, 6.45) is 1.28. The van der Waals surface area contributed by atoms with E-state index < -0.39 is 17.9 Å². The van der Waals surface area contributed by atoms with E-state index in [-0.39, 0.29) is 15.7 Å². The van der Waals surface area contributed by atoms with Gasteiger partial charge in [-0.25, -0.2) is 9.78 Å². The highest BCUT2D eigenvalue weighted by Crippen LogP contribution is 2.21. The van der Waals surface area contributed by atoms with Crippen LogP contribution in [0, 0.1) is 0 Å². The van der Waals surface area contributed by atoms with Crippen LogP contribution >= 0.6 is 23.2 Å². The van der Waals surface area contributed by atoms with E-state index >= 15 is 0 Å². The lowest BCUT2D eigenvalue weighted by Crippen LogP contribution is -2.34. The number of halogens is 2. The van der Waals surface area contributed by atoms with Gasteiger partial charge in [-0.1, -0.05) is 53.5 Å². The van der Waals surface area contributed by atoms with Crippen LogP contribution in [0.2, 0.25) is 10.2 Å². The second-order valence-electron chi connectivity index (χ2n) is 4.34. The molecular formula is C15H12Cl2N2O3. The molecule has 1 atom stereocenters. The summed E-state index contributed by atoms with van der Waals surface area (Å²) in [5.41, 5.74) is 0.801. The summed E-state index contributed by atoms with van der Waals surface area (Å²) in [5, 5.41) is 2.85. The Morgan fingerprint density at radius 3 is 2.50 bits per heavy atom. The van der Waals surface area contributed by atoms with Crippen molar-refractivity contribution in [3.05, 3.63) is 63.9 Å². The fourth-order valence-electron chi connectivity index (χ4n) is 1.80. The number of amides is 1. The molecule has 0 radical (unpaired) electrons. The highest BCUT2D eigenvalue weighted by molar-refractivity contribution is 6.41. The Morgan fingerprint density at radius 1 is 1.23 bits per heavy atom.